The highest BCUT2D eigenvalue weighted by molar-refractivity contribution is 5.56. The van der Waals surface area contributed by atoms with Crippen LogP contribution in [0.5, 0.6) is 0 Å². The Kier molecular flexibility index (Phi) is 4.00. The lowest BCUT2D eigenvalue weighted by Gasteiger charge is -2.23. The lowest BCUT2D eigenvalue weighted by Crippen LogP contribution is -2.23. The van der Waals surface area contributed by atoms with Gasteiger partial charge in [0.25, 0.3) is 0 Å². The number of aromatic nitrogens is 1. The van der Waals surface area contributed by atoms with E-state index in [1.807, 2.05) is 36.9 Å². The number of pyridine rings is 1. The van der Waals surface area contributed by atoms with Crippen LogP contribution in [0, 0.1) is 12.7 Å². The highest BCUT2D eigenvalue weighted by Crippen LogP contribution is 2.21. The first kappa shape index (κ1) is 13.3. The number of halogens is 1. The summed E-state index contributed by atoms with van der Waals surface area (Å²) in [6.45, 7) is 5.39. The highest BCUT2D eigenvalue weighted by Gasteiger charge is 2.08. The van der Waals surface area contributed by atoms with Crippen LogP contribution in [-0.4, -0.2) is 11.5 Å². The first-order chi connectivity index (χ1) is 9.08. The number of hydrogen-bond acceptors (Lipinski definition) is 3. The Morgan fingerprint density at radius 2 is 2.05 bits per heavy atom. The summed E-state index contributed by atoms with van der Waals surface area (Å²) in [7, 11) is 0. The molecule has 0 bridgehead atoms. The fourth-order valence-corrected chi connectivity index (χ4v) is 2.05. The van der Waals surface area contributed by atoms with Crippen molar-refractivity contribution >= 4 is 11.4 Å². The number of benzene rings is 1. The van der Waals surface area contributed by atoms with Gasteiger partial charge in [0.05, 0.1) is 12.2 Å². The lowest BCUT2D eigenvalue weighted by molar-refractivity contribution is 0.627. The summed E-state index contributed by atoms with van der Waals surface area (Å²) in [5.74, 6) is -0.314. The van der Waals surface area contributed by atoms with E-state index < -0.39 is 0 Å². The lowest BCUT2D eigenvalue weighted by atomic mass is 10.2. The second kappa shape index (κ2) is 5.69. The molecule has 0 aliphatic rings. The Morgan fingerprint density at radius 1 is 1.26 bits per heavy atom. The minimum atomic E-state index is -0.314. The predicted molar refractivity (Wildman–Crippen MR) is 76.5 cm³/mol. The van der Waals surface area contributed by atoms with Gasteiger partial charge in [0.2, 0.25) is 0 Å². The third kappa shape index (κ3) is 3.44. The van der Waals surface area contributed by atoms with Crippen LogP contribution in [0.25, 0.3) is 0 Å². The van der Waals surface area contributed by atoms with Crippen molar-refractivity contribution in [1.29, 1.82) is 0 Å². The van der Waals surface area contributed by atoms with Gasteiger partial charge in [0.15, 0.2) is 0 Å². The van der Waals surface area contributed by atoms with Gasteiger partial charge in [-0.2, -0.15) is 0 Å². The second-order valence-electron chi connectivity index (χ2n) is 4.53. The molecule has 19 heavy (non-hydrogen) atoms. The number of nitrogen functional groups attached to an aromatic ring is 1. The van der Waals surface area contributed by atoms with E-state index in [1.165, 1.54) is 12.1 Å². The van der Waals surface area contributed by atoms with E-state index in [4.69, 9.17) is 5.73 Å². The third-order valence-electron chi connectivity index (χ3n) is 2.95. The number of nitrogens with two attached hydrogens (primary N) is 1. The van der Waals surface area contributed by atoms with Crippen molar-refractivity contribution in [2.45, 2.75) is 20.4 Å². The molecular formula is C15H18FN3. The van der Waals surface area contributed by atoms with Gasteiger partial charge in [-0.25, -0.2) is 4.39 Å². The van der Waals surface area contributed by atoms with E-state index in [1.54, 1.807) is 6.07 Å². The van der Waals surface area contributed by atoms with Gasteiger partial charge in [-0.05, 0) is 44.2 Å². The molecule has 0 aliphatic carbocycles. The fourth-order valence-electron chi connectivity index (χ4n) is 2.05. The summed E-state index contributed by atoms with van der Waals surface area (Å²) in [6, 6.07) is 10.5. The molecule has 2 rings (SSSR count). The van der Waals surface area contributed by atoms with Gasteiger partial charge in [-0.3, -0.25) is 4.98 Å². The Labute approximate surface area is 112 Å². The summed E-state index contributed by atoms with van der Waals surface area (Å²) in [4.78, 5) is 6.51. The molecule has 2 aromatic rings. The zero-order valence-electron chi connectivity index (χ0n) is 11.2. The summed E-state index contributed by atoms with van der Waals surface area (Å²) >= 11 is 0. The molecule has 4 heteroatoms. The smallest absolute Gasteiger partial charge is 0.127 e. The van der Waals surface area contributed by atoms with Crippen molar-refractivity contribution in [2.75, 3.05) is 17.2 Å². The topological polar surface area (TPSA) is 42.2 Å². The summed E-state index contributed by atoms with van der Waals surface area (Å²) in [5, 5.41) is 0. The predicted octanol–water partition coefficient (Wildman–Crippen LogP) is 3.14. The molecule has 0 fully saturated rings. The van der Waals surface area contributed by atoms with Gasteiger partial charge >= 0.3 is 0 Å². The van der Waals surface area contributed by atoms with E-state index in [-0.39, 0.29) is 5.82 Å². The maximum absolute atomic E-state index is 13.4. The van der Waals surface area contributed by atoms with Crippen molar-refractivity contribution in [3.05, 3.63) is 53.6 Å². The molecule has 1 aromatic carbocycles. The van der Waals surface area contributed by atoms with Gasteiger partial charge in [-0.15, -0.1) is 0 Å². The molecule has 0 amide bonds. The zero-order valence-corrected chi connectivity index (χ0v) is 11.2. The molecule has 1 heterocycles. The van der Waals surface area contributed by atoms with Crippen LogP contribution in [0.2, 0.25) is 0 Å². The molecule has 0 saturated heterocycles. The Bertz CT molecular complexity index is 549. The second-order valence-corrected chi connectivity index (χ2v) is 4.53. The largest absolute Gasteiger partial charge is 0.399 e. The first-order valence-electron chi connectivity index (χ1n) is 6.32. The average molecular weight is 259 g/mol. The maximum atomic E-state index is 13.4. The zero-order chi connectivity index (χ0) is 13.8. The molecule has 0 unspecified atom stereocenters. The van der Waals surface area contributed by atoms with Crippen LogP contribution in [0.3, 0.4) is 0 Å². The average Bonchev–Trinajstić information content (AvgIpc) is 2.34. The van der Waals surface area contributed by atoms with E-state index >= 15 is 0 Å². The minimum absolute atomic E-state index is 0.314. The Morgan fingerprint density at radius 3 is 2.68 bits per heavy atom. The molecule has 1 aromatic heterocycles. The monoisotopic (exact) mass is 259 g/mol. The number of hydrogen-bond donors (Lipinski definition) is 1. The molecular weight excluding hydrogens is 241 g/mol. The SMILES string of the molecule is CCN(Cc1cccc(C)n1)c1cc(N)cc(F)c1. The summed E-state index contributed by atoms with van der Waals surface area (Å²) in [6.07, 6.45) is 0. The van der Waals surface area contributed by atoms with Gasteiger partial charge in [-0.1, -0.05) is 6.07 Å². The first-order valence-corrected chi connectivity index (χ1v) is 6.32. The van der Waals surface area contributed by atoms with Crippen LogP contribution in [0.1, 0.15) is 18.3 Å². The van der Waals surface area contributed by atoms with Crippen molar-refractivity contribution in [2.24, 2.45) is 0 Å². The molecule has 0 aliphatic heterocycles. The van der Waals surface area contributed by atoms with Crippen LogP contribution in [-0.2, 0) is 6.54 Å². The molecule has 2 N–H and O–H groups in total. The molecule has 0 spiro atoms. The molecule has 100 valence electrons. The van der Waals surface area contributed by atoms with E-state index in [2.05, 4.69) is 4.98 Å². The van der Waals surface area contributed by atoms with Crippen molar-refractivity contribution < 1.29 is 4.39 Å². The third-order valence-corrected chi connectivity index (χ3v) is 2.95. The number of anilines is 2. The van der Waals surface area contributed by atoms with Gasteiger partial charge in [0, 0.05) is 23.6 Å². The van der Waals surface area contributed by atoms with Crippen molar-refractivity contribution in [1.82, 2.24) is 4.98 Å². The Balaban J connectivity index is 2.24. The Hall–Kier alpha value is -2.10. The van der Waals surface area contributed by atoms with Crippen molar-refractivity contribution in [3.63, 3.8) is 0 Å². The van der Waals surface area contributed by atoms with Crippen LogP contribution in [0.15, 0.2) is 36.4 Å². The summed E-state index contributed by atoms with van der Waals surface area (Å²) < 4.78 is 13.4. The standard InChI is InChI=1S/C15H18FN3/c1-3-19(10-14-6-4-5-11(2)18-14)15-8-12(16)7-13(17)9-15/h4-9H,3,10,17H2,1-2H3. The van der Waals surface area contributed by atoms with Crippen LogP contribution >= 0.6 is 0 Å². The number of nitrogens with zero attached hydrogens (tertiary/aromatic N) is 2. The molecule has 3 nitrogen and oxygen atoms in total. The maximum Gasteiger partial charge on any atom is 0.127 e. The molecule has 0 radical (unpaired) electrons. The molecule has 0 atom stereocenters. The van der Waals surface area contributed by atoms with Crippen molar-refractivity contribution in [3.8, 4) is 0 Å². The quantitative estimate of drug-likeness (QED) is 0.858. The number of rotatable bonds is 4. The summed E-state index contributed by atoms with van der Waals surface area (Å²) in [5.41, 5.74) is 8.85. The van der Waals surface area contributed by atoms with Gasteiger partial charge in [0.1, 0.15) is 5.82 Å². The van der Waals surface area contributed by atoms with Gasteiger partial charge < -0.3 is 10.6 Å². The van der Waals surface area contributed by atoms with E-state index in [0.717, 1.165) is 23.6 Å². The number of aryl methyl sites for hydroxylation is 1. The van der Waals surface area contributed by atoms with E-state index in [0.29, 0.717) is 12.2 Å². The fraction of sp³-hybridized carbons (Fsp3) is 0.267. The van der Waals surface area contributed by atoms with E-state index in [9.17, 15) is 4.39 Å². The van der Waals surface area contributed by atoms with Crippen LogP contribution < -0.4 is 10.6 Å². The van der Waals surface area contributed by atoms with Crippen LogP contribution in [0.4, 0.5) is 15.8 Å². The highest BCUT2D eigenvalue weighted by atomic mass is 19.1. The molecule has 0 saturated carbocycles. The normalized spacial score (nSPS) is 10.5. The minimum Gasteiger partial charge on any atom is -0.399 e.